The van der Waals surface area contributed by atoms with Crippen molar-refractivity contribution in [1.29, 1.82) is 0 Å². The second-order valence-corrected chi connectivity index (χ2v) is 4.75. The highest BCUT2D eigenvalue weighted by Crippen LogP contribution is 2.13. The molecule has 0 saturated carbocycles. The van der Waals surface area contributed by atoms with Gasteiger partial charge in [0.2, 0.25) is 0 Å². The van der Waals surface area contributed by atoms with E-state index in [0.717, 1.165) is 31.2 Å². The van der Waals surface area contributed by atoms with E-state index in [0.29, 0.717) is 6.42 Å². The maximum absolute atomic E-state index is 12.1. The van der Waals surface area contributed by atoms with Crippen molar-refractivity contribution in [3.8, 4) is 0 Å². The van der Waals surface area contributed by atoms with Crippen molar-refractivity contribution < 1.29 is 14.3 Å². The molecule has 0 aliphatic carbocycles. The molecule has 0 spiro atoms. The van der Waals surface area contributed by atoms with Crippen molar-refractivity contribution in [3.05, 3.63) is 41.7 Å². The monoisotopic (exact) mass is 274 g/mol. The first kappa shape index (κ1) is 16.2. The predicted molar refractivity (Wildman–Crippen MR) is 80.0 cm³/mol. The molecule has 0 unspecified atom stereocenters. The maximum Gasteiger partial charge on any atom is 0.308 e. The summed E-state index contributed by atoms with van der Waals surface area (Å²) >= 11 is 0. The van der Waals surface area contributed by atoms with Gasteiger partial charge in [-0.05, 0) is 18.1 Å². The maximum atomic E-state index is 12.1. The van der Waals surface area contributed by atoms with E-state index >= 15 is 0 Å². The molecule has 1 aromatic carbocycles. The molecule has 0 fully saturated rings. The summed E-state index contributed by atoms with van der Waals surface area (Å²) in [7, 11) is 0. The molecular formula is C17H22O3. The summed E-state index contributed by atoms with van der Waals surface area (Å²) in [5, 5.41) is 0. The quantitative estimate of drug-likeness (QED) is 0.310. The van der Waals surface area contributed by atoms with Gasteiger partial charge in [0, 0.05) is 13.3 Å². The smallest absolute Gasteiger partial charge is 0.308 e. The van der Waals surface area contributed by atoms with Crippen LogP contribution < -0.4 is 0 Å². The van der Waals surface area contributed by atoms with Crippen LogP contribution in [-0.2, 0) is 14.3 Å². The van der Waals surface area contributed by atoms with E-state index in [1.54, 1.807) is 6.08 Å². The number of esters is 1. The summed E-state index contributed by atoms with van der Waals surface area (Å²) in [4.78, 5) is 23.2. The third kappa shape index (κ3) is 6.32. The van der Waals surface area contributed by atoms with Crippen molar-refractivity contribution in [2.24, 2.45) is 0 Å². The van der Waals surface area contributed by atoms with Gasteiger partial charge in [-0.25, -0.2) is 0 Å². The molecule has 0 aliphatic rings. The van der Waals surface area contributed by atoms with Crippen LogP contribution in [-0.4, -0.2) is 11.8 Å². The van der Waals surface area contributed by atoms with Gasteiger partial charge >= 0.3 is 5.97 Å². The number of hydrogen-bond donors (Lipinski definition) is 0. The zero-order valence-electron chi connectivity index (χ0n) is 12.2. The fourth-order valence-corrected chi connectivity index (χ4v) is 1.86. The van der Waals surface area contributed by atoms with Gasteiger partial charge in [-0.2, -0.15) is 0 Å². The Kier molecular flexibility index (Phi) is 7.33. The summed E-state index contributed by atoms with van der Waals surface area (Å²) in [5.41, 5.74) is 0.852. The van der Waals surface area contributed by atoms with Gasteiger partial charge in [-0.15, -0.1) is 0 Å². The van der Waals surface area contributed by atoms with Gasteiger partial charge in [-0.1, -0.05) is 56.5 Å². The van der Waals surface area contributed by atoms with E-state index in [1.165, 1.54) is 6.92 Å². The molecule has 0 bridgehead atoms. The number of ether oxygens (including phenoxy) is 1. The number of hydrogen-bond acceptors (Lipinski definition) is 3. The normalized spacial score (nSPS) is 11.2. The summed E-state index contributed by atoms with van der Waals surface area (Å²) in [5.74, 6) is -0.436. The molecule has 1 aromatic rings. The Labute approximate surface area is 120 Å². The Balaban J connectivity index is 2.71. The molecule has 20 heavy (non-hydrogen) atoms. The largest absolute Gasteiger partial charge is 0.423 e. The summed E-state index contributed by atoms with van der Waals surface area (Å²) in [6.45, 7) is 3.44. The SMILES string of the molecule is CCCCCCC(=O)/C(=C\c1ccccc1)OC(C)=O. The second-order valence-electron chi connectivity index (χ2n) is 4.75. The lowest BCUT2D eigenvalue weighted by molar-refractivity contribution is -0.140. The van der Waals surface area contributed by atoms with Crippen molar-refractivity contribution >= 4 is 17.8 Å². The fraction of sp³-hybridized carbons (Fsp3) is 0.412. The van der Waals surface area contributed by atoms with Crippen LogP contribution >= 0.6 is 0 Å². The number of allylic oxidation sites excluding steroid dienone is 1. The van der Waals surface area contributed by atoms with Gasteiger partial charge in [0.25, 0.3) is 0 Å². The molecule has 3 nitrogen and oxygen atoms in total. The Morgan fingerprint density at radius 1 is 1.10 bits per heavy atom. The molecule has 3 heteroatoms. The second kappa shape index (κ2) is 9.08. The number of carbonyl (C=O) groups excluding carboxylic acids is 2. The standard InChI is InChI=1S/C17H22O3/c1-3-4-5-9-12-16(19)17(20-14(2)18)13-15-10-7-6-8-11-15/h6-8,10-11,13H,3-5,9,12H2,1-2H3/b17-13+. The van der Waals surface area contributed by atoms with E-state index in [1.807, 2.05) is 30.3 Å². The lowest BCUT2D eigenvalue weighted by Gasteiger charge is -2.06. The van der Waals surface area contributed by atoms with Crippen molar-refractivity contribution in [2.75, 3.05) is 0 Å². The third-order valence-electron chi connectivity index (χ3n) is 2.88. The van der Waals surface area contributed by atoms with E-state index in [4.69, 9.17) is 4.74 Å². The summed E-state index contributed by atoms with van der Waals surface area (Å²) in [6.07, 6.45) is 6.17. The van der Waals surface area contributed by atoms with Crippen LogP contribution in [0.15, 0.2) is 36.1 Å². The van der Waals surface area contributed by atoms with E-state index < -0.39 is 5.97 Å². The van der Waals surface area contributed by atoms with Gasteiger partial charge in [0.15, 0.2) is 11.5 Å². The number of carbonyl (C=O) groups is 2. The Morgan fingerprint density at radius 3 is 2.40 bits per heavy atom. The van der Waals surface area contributed by atoms with Crippen LogP contribution in [0.5, 0.6) is 0 Å². The number of Topliss-reactive ketones (excluding diaryl/α,β-unsaturated/α-hetero) is 1. The van der Waals surface area contributed by atoms with Crippen LogP contribution in [0.4, 0.5) is 0 Å². The zero-order chi connectivity index (χ0) is 14.8. The van der Waals surface area contributed by atoms with E-state index in [2.05, 4.69) is 6.92 Å². The molecular weight excluding hydrogens is 252 g/mol. The highest BCUT2D eigenvalue weighted by atomic mass is 16.5. The van der Waals surface area contributed by atoms with Gasteiger partial charge in [0.05, 0.1) is 0 Å². The van der Waals surface area contributed by atoms with Crippen molar-refractivity contribution in [2.45, 2.75) is 46.0 Å². The van der Waals surface area contributed by atoms with Crippen LogP contribution in [0.1, 0.15) is 51.5 Å². The number of ketones is 1. The van der Waals surface area contributed by atoms with E-state index in [9.17, 15) is 9.59 Å². The highest BCUT2D eigenvalue weighted by molar-refractivity contribution is 5.99. The Hall–Kier alpha value is -1.90. The summed E-state index contributed by atoms with van der Waals surface area (Å²) in [6, 6.07) is 9.39. The van der Waals surface area contributed by atoms with E-state index in [-0.39, 0.29) is 11.5 Å². The molecule has 0 amide bonds. The average molecular weight is 274 g/mol. The van der Waals surface area contributed by atoms with Crippen LogP contribution in [0, 0.1) is 0 Å². The van der Waals surface area contributed by atoms with Crippen LogP contribution in [0.2, 0.25) is 0 Å². The molecule has 0 heterocycles. The topological polar surface area (TPSA) is 43.4 Å². The molecule has 0 radical (unpaired) electrons. The first-order valence-electron chi connectivity index (χ1n) is 7.12. The lowest BCUT2D eigenvalue weighted by Crippen LogP contribution is -2.09. The molecule has 108 valence electrons. The number of rotatable bonds is 8. The first-order chi connectivity index (χ1) is 9.63. The number of unbranched alkanes of at least 4 members (excludes halogenated alkanes) is 3. The van der Waals surface area contributed by atoms with Crippen LogP contribution in [0.3, 0.4) is 0 Å². The minimum atomic E-state index is -0.464. The Bertz CT molecular complexity index is 460. The number of benzene rings is 1. The van der Waals surface area contributed by atoms with Crippen molar-refractivity contribution in [1.82, 2.24) is 0 Å². The molecule has 0 atom stereocenters. The first-order valence-corrected chi connectivity index (χ1v) is 7.12. The molecule has 0 aromatic heterocycles. The minimum absolute atomic E-state index is 0.111. The molecule has 1 rings (SSSR count). The van der Waals surface area contributed by atoms with Gasteiger partial charge < -0.3 is 4.74 Å². The fourth-order valence-electron chi connectivity index (χ4n) is 1.86. The predicted octanol–water partition coefficient (Wildman–Crippen LogP) is 4.13. The average Bonchev–Trinajstić information content (AvgIpc) is 2.43. The highest BCUT2D eigenvalue weighted by Gasteiger charge is 2.13. The molecule has 0 aliphatic heterocycles. The lowest BCUT2D eigenvalue weighted by atomic mass is 10.1. The van der Waals surface area contributed by atoms with Gasteiger partial charge in [0.1, 0.15) is 0 Å². The van der Waals surface area contributed by atoms with Crippen LogP contribution in [0.25, 0.3) is 6.08 Å². The van der Waals surface area contributed by atoms with Gasteiger partial charge in [-0.3, -0.25) is 9.59 Å². The third-order valence-corrected chi connectivity index (χ3v) is 2.88. The molecule has 0 N–H and O–H groups in total. The summed E-state index contributed by atoms with van der Waals surface area (Å²) < 4.78 is 5.05. The zero-order valence-corrected chi connectivity index (χ0v) is 12.2. The molecule has 0 saturated heterocycles. The Morgan fingerprint density at radius 2 is 1.80 bits per heavy atom. The van der Waals surface area contributed by atoms with Crippen molar-refractivity contribution in [3.63, 3.8) is 0 Å². The minimum Gasteiger partial charge on any atom is -0.423 e.